The van der Waals surface area contributed by atoms with Crippen LogP contribution in [0.1, 0.15) is 30.5 Å². The Hall–Kier alpha value is -4.51. The predicted octanol–water partition coefficient (Wildman–Crippen LogP) is 4.30. The molecule has 1 amide bonds. The van der Waals surface area contributed by atoms with E-state index in [1.807, 2.05) is 62.4 Å². The number of β-lactam (4-membered cyclic amide) rings is 1. The van der Waals surface area contributed by atoms with Crippen LogP contribution >= 0.6 is 11.8 Å². The number of aliphatic imine (C=N–C) groups is 1. The van der Waals surface area contributed by atoms with Gasteiger partial charge < -0.3 is 14.4 Å². The van der Waals surface area contributed by atoms with E-state index in [2.05, 4.69) is 4.99 Å². The summed E-state index contributed by atoms with van der Waals surface area (Å²) in [7, 11) is 0. The molecule has 0 N–H and O–H groups in total. The minimum Gasteiger partial charge on any atom is -0.459 e. The van der Waals surface area contributed by atoms with Gasteiger partial charge in [0.25, 0.3) is 17.1 Å². The number of nitrogens with zero attached hydrogens (tertiary/aromatic N) is 3. The van der Waals surface area contributed by atoms with E-state index in [0.29, 0.717) is 5.56 Å². The zero-order chi connectivity index (χ0) is 29.2. The lowest BCUT2D eigenvalue weighted by Gasteiger charge is -2.48. The van der Waals surface area contributed by atoms with Gasteiger partial charge in [-0.1, -0.05) is 60.7 Å². The van der Waals surface area contributed by atoms with Crippen LogP contribution in [0.4, 0.5) is 5.69 Å². The Labute approximate surface area is 240 Å². The maximum Gasteiger partial charge on any atom is 0.347 e. The van der Waals surface area contributed by atoms with E-state index in [1.165, 1.54) is 47.1 Å². The van der Waals surface area contributed by atoms with Gasteiger partial charge in [0.1, 0.15) is 24.6 Å². The zero-order valence-corrected chi connectivity index (χ0v) is 23.2. The standard InChI is InChI=1S/C30H27N3O7S/c1-29(2)24(25(34)39-18-21-9-5-3-6-10-21)32-26(35)30(27(32)41-29,28(36)40-19-22-11-7-4-8-12-22)31-17-20-13-15-23(16-14-20)33(37)38/h3-17,24,27H,18-19H2,1-2H3/t24-,27+,30+/m0/s1. The van der Waals surface area contributed by atoms with E-state index < -0.39 is 44.5 Å². The van der Waals surface area contributed by atoms with E-state index in [1.54, 1.807) is 12.1 Å². The Kier molecular flexibility index (Phi) is 7.63. The highest BCUT2D eigenvalue weighted by Crippen LogP contribution is 2.57. The van der Waals surface area contributed by atoms with Crippen molar-refractivity contribution in [2.75, 3.05) is 0 Å². The fraction of sp³-hybridized carbons (Fsp3) is 0.267. The second kappa shape index (κ2) is 11.2. The van der Waals surface area contributed by atoms with Crippen LogP contribution in [0.2, 0.25) is 0 Å². The lowest BCUT2D eigenvalue weighted by Crippen LogP contribution is -2.76. The van der Waals surface area contributed by atoms with Gasteiger partial charge in [0.15, 0.2) is 0 Å². The van der Waals surface area contributed by atoms with Gasteiger partial charge in [-0.15, -0.1) is 11.8 Å². The number of esters is 2. The van der Waals surface area contributed by atoms with Crippen LogP contribution in [-0.4, -0.2) is 55.6 Å². The van der Waals surface area contributed by atoms with Crippen molar-refractivity contribution in [3.63, 3.8) is 0 Å². The van der Waals surface area contributed by atoms with Crippen LogP contribution in [-0.2, 0) is 37.1 Å². The molecule has 0 radical (unpaired) electrons. The van der Waals surface area contributed by atoms with Gasteiger partial charge in [0, 0.05) is 23.1 Å². The molecular formula is C30H27N3O7S. The van der Waals surface area contributed by atoms with Crippen LogP contribution in [0.15, 0.2) is 89.9 Å². The third-order valence-corrected chi connectivity index (χ3v) is 8.64. The van der Waals surface area contributed by atoms with E-state index in [-0.39, 0.29) is 18.9 Å². The number of non-ortho nitro benzene ring substituents is 1. The van der Waals surface area contributed by atoms with Gasteiger partial charge in [-0.25, -0.2) is 9.59 Å². The summed E-state index contributed by atoms with van der Waals surface area (Å²) in [5.74, 6) is -2.08. The Morgan fingerprint density at radius 2 is 1.51 bits per heavy atom. The first-order chi connectivity index (χ1) is 19.6. The number of amides is 1. The second-order valence-corrected chi connectivity index (χ2v) is 12.0. The number of rotatable bonds is 9. The number of nitro benzene ring substituents is 1. The molecule has 11 heteroatoms. The molecule has 5 rings (SSSR count). The third-order valence-electron chi connectivity index (χ3n) is 7.01. The molecule has 0 spiro atoms. The Morgan fingerprint density at radius 3 is 2.07 bits per heavy atom. The van der Waals surface area contributed by atoms with E-state index in [9.17, 15) is 24.5 Å². The number of carbonyl (C=O) groups is 3. The molecule has 10 nitrogen and oxygen atoms in total. The number of thioether (sulfide) groups is 1. The monoisotopic (exact) mass is 573 g/mol. The molecule has 2 saturated heterocycles. The number of fused-ring (bicyclic) bond motifs is 1. The molecule has 0 saturated carbocycles. The van der Waals surface area contributed by atoms with Crippen molar-refractivity contribution in [1.29, 1.82) is 0 Å². The van der Waals surface area contributed by atoms with Crippen molar-refractivity contribution in [1.82, 2.24) is 4.90 Å². The Morgan fingerprint density at radius 1 is 0.951 bits per heavy atom. The molecule has 3 aromatic carbocycles. The molecule has 3 atom stereocenters. The maximum atomic E-state index is 13.9. The first kappa shape index (κ1) is 28.0. The lowest BCUT2D eigenvalue weighted by atomic mass is 9.85. The summed E-state index contributed by atoms with van der Waals surface area (Å²) in [4.78, 5) is 57.1. The number of ether oxygens (including phenoxy) is 2. The molecule has 41 heavy (non-hydrogen) atoms. The summed E-state index contributed by atoms with van der Waals surface area (Å²) in [5.41, 5.74) is -0.0383. The first-order valence-corrected chi connectivity index (χ1v) is 13.7. The minimum atomic E-state index is -1.94. The highest BCUT2D eigenvalue weighted by Gasteiger charge is 2.76. The summed E-state index contributed by atoms with van der Waals surface area (Å²) in [6.45, 7) is 3.62. The highest BCUT2D eigenvalue weighted by molar-refractivity contribution is 8.01. The van der Waals surface area contributed by atoms with Crippen molar-refractivity contribution in [3.05, 3.63) is 112 Å². The molecule has 0 aliphatic carbocycles. The van der Waals surface area contributed by atoms with Gasteiger partial charge in [-0.2, -0.15) is 0 Å². The second-order valence-electron chi connectivity index (χ2n) is 10.2. The summed E-state index contributed by atoms with van der Waals surface area (Å²) in [5, 5.41) is 10.2. The first-order valence-electron chi connectivity index (χ1n) is 12.9. The largest absolute Gasteiger partial charge is 0.459 e. The fourth-order valence-corrected chi connectivity index (χ4v) is 6.56. The van der Waals surface area contributed by atoms with Gasteiger partial charge in [0.2, 0.25) is 0 Å². The number of carbonyl (C=O) groups excluding carboxylic acids is 3. The molecule has 0 bridgehead atoms. The quantitative estimate of drug-likeness (QED) is 0.0926. The number of hydrogen-bond donors (Lipinski definition) is 0. The van der Waals surface area contributed by atoms with E-state index in [0.717, 1.165) is 11.1 Å². The Bertz CT molecular complexity index is 1500. The molecule has 0 aromatic heterocycles. The number of benzene rings is 3. The van der Waals surface area contributed by atoms with Crippen molar-refractivity contribution in [2.24, 2.45) is 4.99 Å². The average Bonchev–Trinajstić information content (AvgIpc) is 3.24. The summed E-state index contributed by atoms with van der Waals surface area (Å²) in [6, 6.07) is 22.9. The number of nitro groups is 1. The molecule has 2 aliphatic rings. The van der Waals surface area contributed by atoms with Crippen molar-refractivity contribution < 1.29 is 28.8 Å². The molecule has 210 valence electrons. The Balaban J connectivity index is 1.42. The topological polar surface area (TPSA) is 128 Å². The van der Waals surface area contributed by atoms with Crippen LogP contribution < -0.4 is 0 Å². The van der Waals surface area contributed by atoms with Gasteiger partial charge in [0.05, 0.1) is 4.92 Å². The van der Waals surface area contributed by atoms with Crippen LogP contribution in [0.3, 0.4) is 0 Å². The summed E-state index contributed by atoms with van der Waals surface area (Å²) < 4.78 is 10.4. The lowest BCUT2D eigenvalue weighted by molar-refractivity contribution is -0.384. The average molecular weight is 574 g/mol. The maximum absolute atomic E-state index is 13.9. The number of hydrogen-bond acceptors (Lipinski definition) is 9. The van der Waals surface area contributed by atoms with Crippen LogP contribution in [0, 0.1) is 10.1 Å². The molecule has 2 aliphatic heterocycles. The normalized spacial score (nSPS) is 22.6. The van der Waals surface area contributed by atoms with Gasteiger partial charge >= 0.3 is 11.9 Å². The molecule has 3 aromatic rings. The molecule has 2 heterocycles. The van der Waals surface area contributed by atoms with E-state index in [4.69, 9.17) is 9.47 Å². The molecule has 2 fully saturated rings. The van der Waals surface area contributed by atoms with Crippen molar-refractivity contribution in [3.8, 4) is 0 Å². The van der Waals surface area contributed by atoms with E-state index >= 15 is 0 Å². The SMILES string of the molecule is CC1(C)S[C@H]2N(C(=O)[C@]2(N=Cc2ccc([N+](=O)[O-])cc2)C(=O)OCc2ccccc2)[C@H]1C(=O)OCc1ccccc1. The van der Waals surface area contributed by atoms with Crippen LogP contribution in [0.5, 0.6) is 0 Å². The minimum absolute atomic E-state index is 0.0478. The molecule has 0 unspecified atom stereocenters. The molecular weight excluding hydrogens is 546 g/mol. The smallest absolute Gasteiger partial charge is 0.347 e. The highest BCUT2D eigenvalue weighted by atomic mass is 32.2. The third kappa shape index (κ3) is 5.32. The van der Waals surface area contributed by atoms with Gasteiger partial charge in [-0.05, 0) is 42.7 Å². The van der Waals surface area contributed by atoms with Gasteiger partial charge in [-0.3, -0.25) is 19.9 Å². The van der Waals surface area contributed by atoms with Crippen molar-refractivity contribution in [2.45, 2.75) is 48.8 Å². The fourth-order valence-electron chi connectivity index (χ4n) is 4.88. The summed E-state index contributed by atoms with van der Waals surface area (Å²) in [6.07, 6.45) is 1.33. The summed E-state index contributed by atoms with van der Waals surface area (Å²) >= 11 is 1.28. The zero-order valence-electron chi connectivity index (χ0n) is 22.3. The van der Waals surface area contributed by atoms with Crippen LogP contribution in [0.25, 0.3) is 0 Å². The predicted molar refractivity (Wildman–Crippen MR) is 152 cm³/mol. The van der Waals surface area contributed by atoms with Crippen molar-refractivity contribution >= 4 is 41.5 Å².